The van der Waals surface area contributed by atoms with Gasteiger partial charge < -0.3 is 25.4 Å². The van der Waals surface area contributed by atoms with Gasteiger partial charge in [-0.1, -0.05) is 12.5 Å². The first-order chi connectivity index (χ1) is 12.9. The molecule has 0 heterocycles. The van der Waals surface area contributed by atoms with Crippen molar-refractivity contribution in [2.45, 2.75) is 45.1 Å². The van der Waals surface area contributed by atoms with E-state index in [0.29, 0.717) is 37.4 Å². The molecular formula is C20H33N3O4. The minimum atomic E-state index is -0.539. The smallest absolute Gasteiger partial charge is 0.244 e. The summed E-state index contributed by atoms with van der Waals surface area (Å²) in [5, 5.41) is 2.77. The van der Waals surface area contributed by atoms with Crippen molar-refractivity contribution < 1.29 is 19.1 Å². The third-order valence-electron chi connectivity index (χ3n) is 4.42. The minimum absolute atomic E-state index is 0.0961. The van der Waals surface area contributed by atoms with Gasteiger partial charge in [-0.15, -0.1) is 0 Å². The summed E-state index contributed by atoms with van der Waals surface area (Å²) < 4.78 is 10.5. The van der Waals surface area contributed by atoms with Crippen molar-refractivity contribution >= 4 is 11.8 Å². The molecule has 0 aromatic heterocycles. The van der Waals surface area contributed by atoms with Crippen molar-refractivity contribution in [3.8, 4) is 11.5 Å². The van der Waals surface area contributed by atoms with Crippen LogP contribution in [0.5, 0.6) is 11.5 Å². The first kappa shape index (κ1) is 22.8. The predicted octanol–water partition coefficient (Wildman–Crippen LogP) is 1.73. The SMILES string of the molecule is COc1ccc(CCN(C)C(=O)[C@H](C)NC(=O)CCCCCN)cc1OC. The summed E-state index contributed by atoms with van der Waals surface area (Å²) in [5.41, 5.74) is 6.48. The zero-order valence-electron chi connectivity index (χ0n) is 16.9. The zero-order valence-corrected chi connectivity index (χ0v) is 16.9. The Morgan fingerprint density at radius 1 is 1.15 bits per heavy atom. The van der Waals surface area contributed by atoms with Crippen LogP contribution in [-0.2, 0) is 16.0 Å². The number of methoxy groups -OCH3 is 2. The van der Waals surface area contributed by atoms with Gasteiger partial charge in [-0.3, -0.25) is 9.59 Å². The molecule has 0 radical (unpaired) electrons. The van der Waals surface area contributed by atoms with Crippen LogP contribution in [0.2, 0.25) is 0 Å². The quantitative estimate of drug-likeness (QED) is 0.540. The van der Waals surface area contributed by atoms with Crippen molar-refractivity contribution in [3.05, 3.63) is 23.8 Å². The van der Waals surface area contributed by atoms with E-state index in [-0.39, 0.29) is 11.8 Å². The Hall–Kier alpha value is -2.28. The number of nitrogens with one attached hydrogen (secondary N) is 1. The van der Waals surface area contributed by atoms with Gasteiger partial charge in [0.05, 0.1) is 14.2 Å². The number of hydrogen-bond acceptors (Lipinski definition) is 5. The summed E-state index contributed by atoms with van der Waals surface area (Å²) in [4.78, 5) is 26.0. The highest BCUT2D eigenvalue weighted by Gasteiger charge is 2.19. The molecule has 0 aliphatic carbocycles. The standard InChI is InChI=1S/C20H33N3O4/c1-15(22-19(24)8-6-5-7-12-21)20(25)23(2)13-11-16-9-10-17(26-3)18(14-16)27-4/h9-10,14-15H,5-8,11-13,21H2,1-4H3,(H,22,24)/t15-/m0/s1. The summed E-state index contributed by atoms with van der Waals surface area (Å²) >= 11 is 0. The predicted molar refractivity (Wildman–Crippen MR) is 106 cm³/mol. The number of carbonyl (C=O) groups excluding carboxylic acids is 2. The minimum Gasteiger partial charge on any atom is -0.493 e. The van der Waals surface area contributed by atoms with Gasteiger partial charge in [-0.2, -0.15) is 0 Å². The van der Waals surface area contributed by atoms with Crippen molar-refractivity contribution in [3.63, 3.8) is 0 Å². The number of benzene rings is 1. The fourth-order valence-electron chi connectivity index (χ4n) is 2.76. The Balaban J connectivity index is 2.45. The Morgan fingerprint density at radius 3 is 2.48 bits per heavy atom. The molecule has 0 aliphatic heterocycles. The maximum Gasteiger partial charge on any atom is 0.244 e. The molecule has 0 saturated heterocycles. The third-order valence-corrected chi connectivity index (χ3v) is 4.42. The van der Waals surface area contributed by atoms with Crippen LogP contribution in [0.4, 0.5) is 0 Å². The molecule has 1 aromatic rings. The summed E-state index contributed by atoms with van der Waals surface area (Å²) in [6, 6.07) is 5.17. The number of rotatable bonds is 12. The molecule has 0 spiro atoms. The van der Waals surface area contributed by atoms with Crippen LogP contribution >= 0.6 is 0 Å². The maximum atomic E-state index is 12.4. The van der Waals surface area contributed by atoms with Crippen LogP contribution in [0.3, 0.4) is 0 Å². The van der Waals surface area contributed by atoms with E-state index in [1.807, 2.05) is 18.2 Å². The average Bonchev–Trinajstić information content (AvgIpc) is 2.68. The van der Waals surface area contributed by atoms with E-state index in [1.54, 1.807) is 33.1 Å². The molecule has 0 aliphatic rings. The summed E-state index contributed by atoms with van der Waals surface area (Å²) in [5.74, 6) is 1.14. The molecule has 3 N–H and O–H groups in total. The molecule has 0 saturated carbocycles. The van der Waals surface area contributed by atoms with Gasteiger partial charge in [0.1, 0.15) is 6.04 Å². The maximum absolute atomic E-state index is 12.4. The Bertz CT molecular complexity index is 607. The topological polar surface area (TPSA) is 93.9 Å². The van der Waals surface area contributed by atoms with E-state index in [2.05, 4.69) is 5.32 Å². The molecule has 7 heteroatoms. The number of carbonyl (C=O) groups is 2. The zero-order chi connectivity index (χ0) is 20.2. The fraction of sp³-hybridized carbons (Fsp3) is 0.600. The van der Waals surface area contributed by atoms with Gasteiger partial charge in [0.15, 0.2) is 11.5 Å². The lowest BCUT2D eigenvalue weighted by molar-refractivity contribution is -0.134. The van der Waals surface area contributed by atoms with Gasteiger partial charge in [0, 0.05) is 20.0 Å². The number of ether oxygens (including phenoxy) is 2. The summed E-state index contributed by atoms with van der Waals surface area (Å²) in [6.45, 7) is 2.90. The van der Waals surface area contributed by atoms with Gasteiger partial charge in [-0.05, 0) is 50.4 Å². The van der Waals surface area contributed by atoms with Crippen LogP contribution < -0.4 is 20.5 Å². The van der Waals surface area contributed by atoms with Crippen molar-refractivity contribution in [1.29, 1.82) is 0 Å². The normalized spacial score (nSPS) is 11.6. The monoisotopic (exact) mass is 379 g/mol. The number of unbranched alkanes of at least 4 members (excludes halogenated alkanes) is 2. The average molecular weight is 380 g/mol. The lowest BCUT2D eigenvalue weighted by Crippen LogP contribution is -2.46. The molecule has 7 nitrogen and oxygen atoms in total. The van der Waals surface area contributed by atoms with E-state index < -0.39 is 6.04 Å². The second-order valence-corrected chi connectivity index (χ2v) is 6.59. The van der Waals surface area contributed by atoms with E-state index >= 15 is 0 Å². The lowest BCUT2D eigenvalue weighted by atomic mass is 10.1. The van der Waals surface area contributed by atoms with Gasteiger partial charge in [0.2, 0.25) is 11.8 Å². The van der Waals surface area contributed by atoms with Crippen LogP contribution in [0.1, 0.15) is 38.2 Å². The van der Waals surface area contributed by atoms with Crippen molar-refractivity contribution in [2.75, 3.05) is 34.4 Å². The molecule has 1 rings (SSSR count). The van der Waals surface area contributed by atoms with E-state index in [0.717, 1.165) is 24.8 Å². The number of likely N-dealkylation sites (N-methyl/N-ethyl adjacent to an activating group) is 1. The highest BCUT2D eigenvalue weighted by atomic mass is 16.5. The van der Waals surface area contributed by atoms with Gasteiger partial charge in [0.25, 0.3) is 0 Å². The first-order valence-electron chi connectivity index (χ1n) is 9.38. The van der Waals surface area contributed by atoms with E-state index in [4.69, 9.17) is 15.2 Å². The van der Waals surface area contributed by atoms with Crippen LogP contribution in [0.25, 0.3) is 0 Å². The molecule has 1 atom stereocenters. The van der Waals surface area contributed by atoms with Crippen molar-refractivity contribution in [1.82, 2.24) is 10.2 Å². The fourth-order valence-corrected chi connectivity index (χ4v) is 2.76. The third kappa shape index (κ3) is 7.86. The number of amides is 2. The van der Waals surface area contributed by atoms with Crippen LogP contribution in [0.15, 0.2) is 18.2 Å². The number of nitrogens with zero attached hydrogens (tertiary/aromatic N) is 1. The number of hydrogen-bond donors (Lipinski definition) is 2. The van der Waals surface area contributed by atoms with E-state index in [9.17, 15) is 9.59 Å². The first-order valence-corrected chi connectivity index (χ1v) is 9.38. The van der Waals surface area contributed by atoms with Gasteiger partial charge >= 0.3 is 0 Å². The van der Waals surface area contributed by atoms with E-state index in [1.165, 1.54) is 0 Å². The lowest BCUT2D eigenvalue weighted by Gasteiger charge is -2.22. The molecular weight excluding hydrogens is 346 g/mol. The molecule has 0 fully saturated rings. The molecule has 0 bridgehead atoms. The Labute approximate surface area is 162 Å². The highest BCUT2D eigenvalue weighted by Crippen LogP contribution is 2.27. The number of nitrogens with two attached hydrogens (primary N) is 1. The molecule has 1 aromatic carbocycles. The summed E-state index contributed by atoms with van der Waals surface area (Å²) in [7, 11) is 4.93. The van der Waals surface area contributed by atoms with Crippen LogP contribution in [-0.4, -0.2) is 57.1 Å². The Kier molecular flexibility index (Phi) is 10.3. The second kappa shape index (κ2) is 12.2. The molecule has 152 valence electrons. The molecule has 2 amide bonds. The van der Waals surface area contributed by atoms with Crippen LogP contribution in [0, 0.1) is 0 Å². The highest BCUT2D eigenvalue weighted by molar-refractivity contribution is 5.87. The van der Waals surface area contributed by atoms with Gasteiger partial charge in [-0.25, -0.2) is 0 Å². The second-order valence-electron chi connectivity index (χ2n) is 6.59. The van der Waals surface area contributed by atoms with Crippen molar-refractivity contribution in [2.24, 2.45) is 5.73 Å². The largest absolute Gasteiger partial charge is 0.493 e. The Morgan fingerprint density at radius 2 is 1.85 bits per heavy atom. The molecule has 0 unspecified atom stereocenters. The summed E-state index contributed by atoms with van der Waals surface area (Å²) in [6.07, 6.45) is 3.74. The molecule has 27 heavy (non-hydrogen) atoms.